The van der Waals surface area contributed by atoms with Gasteiger partial charge in [0.15, 0.2) is 6.29 Å². The van der Waals surface area contributed by atoms with Crippen molar-refractivity contribution in [1.82, 2.24) is 19.4 Å². The van der Waals surface area contributed by atoms with Gasteiger partial charge in [-0.1, -0.05) is 24.3 Å². The number of aliphatic hydroxyl groups is 1. The number of benzene rings is 1. The monoisotopic (exact) mass is 399 g/mol. The lowest BCUT2D eigenvalue weighted by molar-refractivity contribution is -0.0335. The maximum absolute atomic E-state index is 11.3. The molecule has 30 heavy (non-hydrogen) atoms. The van der Waals surface area contributed by atoms with Gasteiger partial charge in [-0.2, -0.15) is 0 Å². The van der Waals surface area contributed by atoms with Crippen LogP contribution in [0.4, 0.5) is 5.82 Å². The van der Waals surface area contributed by atoms with E-state index < -0.39 is 5.60 Å². The van der Waals surface area contributed by atoms with Crippen LogP contribution in [0, 0.1) is 0 Å². The molecule has 1 aliphatic carbocycles. The van der Waals surface area contributed by atoms with E-state index in [1.165, 1.54) is 0 Å². The Morgan fingerprint density at radius 1 is 1.20 bits per heavy atom. The molecule has 0 unspecified atom stereocenters. The van der Waals surface area contributed by atoms with Crippen molar-refractivity contribution in [2.45, 2.75) is 31.3 Å². The number of imidazole rings is 1. The van der Waals surface area contributed by atoms with E-state index in [1.807, 2.05) is 47.9 Å². The summed E-state index contributed by atoms with van der Waals surface area (Å²) in [4.78, 5) is 25.0. The third-order valence-electron chi connectivity index (χ3n) is 5.75. The van der Waals surface area contributed by atoms with Crippen LogP contribution in [0.3, 0.4) is 0 Å². The number of fused-ring (bicyclic) bond motifs is 1. The first-order valence-corrected chi connectivity index (χ1v) is 9.83. The highest BCUT2D eigenvalue weighted by Gasteiger charge is 2.41. The normalized spacial score (nSPS) is 20.8. The molecule has 0 spiro atoms. The van der Waals surface area contributed by atoms with Gasteiger partial charge in [-0.3, -0.25) is 14.2 Å². The fraction of sp³-hybridized carbons (Fsp3) is 0.217. The van der Waals surface area contributed by atoms with Crippen molar-refractivity contribution in [3.63, 3.8) is 0 Å². The summed E-state index contributed by atoms with van der Waals surface area (Å²) < 4.78 is 1.97. The van der Waals surface area contributed by atoms with Crippen molar-refractivity contribution < 1.29 is 9.90 Å². The molecule has 3 heterocycles. The van der Waals surface area contributed by atoms with Crippen molar-refractivity contribution in [2.75, 3.05) is 5.73 Å². The second-order valence-electron chi connectivity index (χ2n) is 8.09. The lowest BCUT2D eigenvalue weighted by atomic mass is 9.72. The van der Waals surface area contributed by atoms with Gasteiger partial charge in [-0.15, -0.1) is 0 Å². The molecule has 0 bridgehead atoms. The summed E-state index contributed by atoms with van der Waals surface area (Å²) in [6.07, 6.45) is 7.41. The zero-order valence-corrected chi connectivity index (χ0v) is 16.5. The summed E-state index contributed by atoms with van der Waals surface area (Å²) in [6, 6.07) is 11.2. The summed E-state index contributed by atoms with van der Waals surface area (Å²) >= 11 is 0. The number of rotatable bonds is 4. The maximum atomic E-state index is 11.3. The van der Waals surface area contributed by atoms with Crippen LogP contribution >= 0.6 is 0 Å². The van der Waals surface area contributed by atoms with Crippen LogP contribution in [0.25, 0.3) is 28.0 Å². The smallest absolute Gasteiger partial charge is 0.150 e. The molecule has 7 nitrogen and oxygen atoms in total. The number of anilines is 1. The number of carbonyl (C=O) groups excluding carboxylic acids is 1. The Morgan fingerprint density at radius 3 is 2.70 bits per heavy atom. The number of hydrogen-bond acceptors (Lipinski definition) is 6. The zero-order chi connectivity index (χ0) is 20.9. The molecule has 150 valence electrons. The third kappa shape index (κ3) is 2.95. The van der Waals surface area contributed by atoms with E-state index in [0.717, 1.165) is 28.8 Å². The molecule has 3 aromatic heterocycles. The van der Waals surface area contributed by atoms with Crippen molar-refractivity contribution >= 4 is 17.6 Å². The molecule has 0 aliphatic heterocycles. The van der Waals surface area contributed by atoms with Crippen LogP contribution in [-0.4, -0.2) is 36.3 Å². The van der Waals surface area contributed by atoms with E-state index in [4.69, 9.17) is 10.7 Å². The highest BCUT2D eigenvalue weighted by Crippen LogP contribution is 2.45. The molecule has 1 fully saturated rings. The topological polar surface area (TPSA) is 106 Å². The standard InChI is InChI=1S/C23H21N5O2/c1-23(30)10-16(11-23)22-27-19(20-21(24)25-8-9-28(20)22)14-6-7-18(26-12-14)17-5-3-2-4-15(17)13-29/h2-9,12-13,16,30H,10-11H2,1H3,(H2,24,25). The molecular formula is C23H21N5O2. The number of nitrogen functional groups attached to an aromatic ring is 1. The van der Waals surface area contributed by atoms with Crippen LogP contribution in [0.1, 0.15) is 41.9 Å². The summed E-state index contributed by atoms with van der Waals surface area (Å²) in [6.45, 7) is 1.84. The Kier molecular flexibility index (Phi) is 4.15. The average Bonchev–Trinajstić information content (AvgIpc) is 3.13. The Bertz CT molecular complexity index is 1250. The van der Waals surface area contributed by atoms with Crippen molar-refractivity contribution in [2.24, 2.45) is 0 Å². The van der Waals surface area contributed by atoms with E-state index in [0.29, 0.717) is 35.6 Å². The van der Waals surface area contributed by atoms with Crippen molar-refractivity contribution in [1.29, 1.82) is 0 Å². The van der Waals surface area contributed by atoms with Gasteiger partial charge in [0.25, 0.3) is 0 Å². The molecule has 0 amide bonds. The molecule has 1 aliphatic rings. The number of pyridine rings is 1. The SMILES string of the molecule is CC1(O)CC(c2nc(-c3ccc(-c4ccccc4C=O)nc3)c3c(N)nccn23)C1. The quantitative estimate of drug-likeness (QED) is 0.509. The van der Waals surface area contributed by atoms with E-state index in [9.17, 15) is 9.90 Å². The largest absolute Gasteiger partial charge is 0.390 e. The number of nitrogens with zero attached hydrogens (tertiary/aromatic N) is 4. The molecule has 1 saturated carbocycles. The van der Waals surface area contributed by atoms with Crippen LogP contribution in [0.5, 0.6) is 0 Å². The molecule has 3 N–H and O–H groups in total. The second kappa shape index (κ2) is 6.74. The van der Waals surface area contributed by atoms with Gasteiger partial charge < -0.3 is 10.8 Å². The Balaban J connectivity index is 1.59. The van der Waals surface area contributed by atoms with Gasteiger partial charge in [-0.05, 0) is 31.9 Å². The van der Waals surface area contributed by atoms with Crippen LogP contribution in [0.2, 0.25) is 0 Å². The first kappa shape index (κ1) is 18.4. The molecule has 1 aromatic carbocycles. The molecule has 0 radical (unpaired) electrons. The number of hydrogen-bond donors (Lipinski definition) is 2. The predicted octanol–water partition coefficient (Wildman–Crippen LogP) is 3.48. The summed E-state index contributed by atoms with van der Waals surface area (Å²) in [5.41, 5.74) is 9.91. The Hall–Kier alpha value is -3.58. The summed E-state index contributed by atoms with van der Waals surface area (Å²) in [5, 5.41) is 10.2. The Morgan fingerprint density at radius 2 is 2.00 bits per heavy atom. The van der Waals surface area contributed by atoms with E-state index >= 15 is 0 Å². The molecule has 5 rings (SSSR count). The predicted molar refractivity (Wildman–Crippen MR) is 114 cm³/mol. The summed E-state index contributed by atoms with van der Waals surface area (Å²) in [5.74, 6) is 1.43. The van der Waals surface area contributed by atoms with Crippen LogP contribution < -0.4 is 5.73 Å². The minimum atomic E-state index is -0.648. The molecule has 0 atom stereocenters. The fourth-order valence-corrected chi connectivity index (χ4v) is 4.29. The first-order chi connectivity index (χ1) is 14.5. The average molecular weight is 399 g/mol. The lowest BCUT2D eigenvalue weighted by Crippen LogP contribution is -2.40. The third-order valence-corrected chi connectivity index (χ3v) is 5.75. The minimum absolute atomic E-state index is 0.162. The van der Waals surface area contributed by atoms with Gasteiger partial charge in [0.1, 0.15) is 22.9 Å². The number of nitrogens with two attached hydrogens (primary N) is 1. The van der Waals surface area contributed by atoms with Gasteiger partial charge in [-0.25, -0.2) is 9.97 Å². The van der Waals surface area contributed by atoms with Crippen molar-refractivity contribution in [3.05, 3.63) is 66.4 Å². The Labute approximate surface area is 173 Å². The summed E-state index contributed by atoms with van der Waals surface area (Å²) in [7, 11) is 0. The molecule has 4 aromatic rings. The van der Waals surface area contributed by atoms with Gasteiger partial charge in [0.05, 0.1) is 11.3 Å². The lowest BCUT2D eigenvalue weighted by Gasteiger charge is -2.40. The van der Waals surface area contributed by atoms with E-state index in [2.05, 4.69) is 9.97 Å². The highest BCUT2D eigenvalue weighted by atomic mass is 16.3. The first-order valence-electron chi connectivity index (χ1n) is 9.83. The zero-order valence-electron chi connectivity index (χ0n) is 16.5. The minimum Gasteiger partial charge on any atom is -0.390 e. The van der Waals surface area contributed by atoms with Gasteiger partial charge >= 0.3 is 0 Å². The second-order valence-corrected chi connectivity index (χ2v) is 8.09. The van der Waals surface area contributed by atoms with Gasteiger partial charge in [0.2, 0.25) is 0 Å². The molecule has 0 saturated heterocycles. The van der Waals surface area contributed by atoms with Crippen LogP contribution in [-0.2, 0) is 0 Å². The molecule has 7 heteroatoms. The number of aromatic nitrogens is 4. The van der Waals surface area contributed by atoms with Crippen LogP contribution in [0.15, 0.2) is 55.0 Å². The molecular weight excluding hydrogens is 378 g/mol. The maximum Gasteiger partial charge on any atom is 0.150 e. The van der Waals surface area contributed by atoms with E-state index in [-0.39, 0.29) is 5.92 Å². The number of carbonyl (C=O) groups is 1. The van der Waals surface area contributed by atoms with E-state index in [1.54, 1.807) is 18.5 Å². The van der Waals surface area contributed by atoms with Gasteiger partial charge in [0, 0.05) is 41.2 Å². The van der Waals surface area contributed by atoms with Crippen molar-refractivity contribution in [3.8, 4) is 22.5 Å². The highest BCUT2D eigenvalue weighted by molar-refractivity contribution is 5.88. The number of aldehydes is 1. The fourth-order valence-electron chi connectivity index (χ4n) is 4.29.